The normalized spacial score (nSPS) is 11.4. The predicted molar refractivity (Wildman–Crippen MR) is 76.6 cm³/mol. The molecule has 0 unspecified atom stereocenters. The maximum absolute atomic E-state index is 14.1. The number of nitrogen functional groups attached to an aromatic ring is 1. The third kappa shape index (κ3) is 1.76. The molecule has 1 aromatic carbocycles. The molecule has 0 aliphatic carbocycles. The molecule has 0 amide bonds. The van der Waals surface area contributed by atoms with Crippen LogP contribution in [0.3, 0.4) is 0 Å². The van der Waals surface area contributed by atoms with E-state index in [4.69, 9.17) is 17.3 Å². The molecule has 3 aromatic rings. The molecule has 20 heavy (non-hydrogen) atoms. The quantitative estimate of drug-likeness (QED) is 0.790. The monoisotopic (exact) mass is 293 g/mol. The zero-order chi connectivity index (χ0) is 14.4. The maximum atomic E-state index is 14.1. The zero-order valence-corrected chi connectivity index (χ0v) is 11.8. The fourth-order valence-corrected chi connectivity index (χ4v) is 2.50. The Balaban J connectivity index is 2.39. The number of imidazole rings is 1. The van der Waals surface area contributed by atoms with Crippen LogP contribution in [0.25, 0.3) is 16.9 Å². The van der Waals surface area contributed by atoms with Gasteiger partial charge < -0.3 is 5.73 Å². The van der Waals surface area contributed by atoms with E-state index in [1.807, 2.05) is 6.92 Å². The summed E-state index contributed by atoms with van der Waals surface area (Å²) in [6.45, 7) is 1.98. The summed E-state index contributed by atoms with van der Waals surface area (Å²) in [5.74, 6) is -0.205. The largest absolute Gasteiger partial charge is 0.369 e. The summed E-state index contributed by atoms with van der Waals surface area (Å²) in [5.41, 5.74) is 8.38. The van der Waals surface area contributed by atoms with E-state index < -0.39 is 5.82 Å². The number of halogens is 2. The second kappa shape index (κ2) is 4.49. The van der Waals surface area contributed by atoms with Gasteiger partial charge in [0, 0.05) is 12.1 Å². The lowest BCUT2D eigenvalue weighted by molar-refractivity contribution is 0.618. The summed E-state index contributed by atoms with van der Waals surface area (Å²) in [4.78, 5) is 4.30. The van der Waals surface area contributed by atoms with E-state index in [1.165, 1.54) is 22.8 Å². The van der Waals surface area contributed by atoms with E-state index in [9.17, 15) is 4.39 Å². The van der Waals surface area contributed by atoms with Crippen LogP contribution in [0.5, 0.6) is 0 Å². The Hall–Kier alpha value is -2.08. The first-order chi connectivity index (χ1) is 9.52. The SMILES string of the molecule is CCc1nn(C)c2c1nc(N)n2-c1cc(Cl)ccc1F. The Morgan fingerprint density at radius 1 is 1.40 bits per heavy atom. The van der Waals surface area contributed by atoms with Crippen molar-refractivity contribution in [2.45, 2.75) is 13.3 Å². The Labute approximate surface area is 119 Å². The highest BCUT2D eigenvalue weighted by atomic mass is 35.5. The van der Waals surface area contributed by atoms with Gasteiger partial charge >= 0.3 is 0 Å². The summed E-state index contributed by atoms with van der Waals surface area (Å²) in [6.07, 6.45) is 0.728. The summed E-state index contributed by atoms with van der Waals surface area (Å²) >= 11 is 5.95. The molecule has 0 spiro atoms. The van der Waals surface area contributed by atoms with Crippen LogP contribution in [-0.2, 0) is 13.5 Å². The van der Waals surface area contributed by atoms with E-state index in [0.717, 1.165) is 12.1 Å². The number of aryl methyl sites for hydroxylation is 2. The van der Waals surface area contributed by atoms with E-state index in [1.54, 1.807) is 11.7 Å². The van der Waals surface area contributed by atoms with E-state index in [2.05, 4.69) is 10.1 Å². The molecule has 7 heteroatoms. The third-order valence-electron chi connectivity index (χ3n) is 3.21. The molecule has 0 aliphatic heterocycles. The van der Waals surface area contributed by atoms with Crippen molar-refractivity contribution in [1.29, 1.82) is 0 Å². The lowest BCUT2D eigenvalue weighted by Crippen LogP contribution is -2.06. The van der Waals surface area contributed by atoms with Gasteiger partial charge in [-0.15, -0.1) is 0 Å². The van der Waals surface area contributed by atoms with Gasteiger partial charge in [0.25, 0.3) is 0 Å². The third-order valence-corrected chi connectivity index (χ3v) is 3.45. The molecule has 3 rings (SSSR count). The van der Waals surface area contributed by atoms with Gasteiger partial charge in [0.2, 0.25) is 5.95 Å². The number of nitrogens with two attached hydrogens (primary N) is 1. The minimum atomic E-state index is -0.417. The number of anilines is 1. The lowest BCUT2D eigenvalue weighted by atomic mass is 10.3. The maximum Gasteiger partial charge on any atom is 0.207 e. The molecule has 0 saturated heterocycles. The van der Waals surface area contributed by atoms with Crippen molar-refractivity contribution in [3.05, 3.63) is 34.7 Å². The topological polar surface area (TPSA) is 61.7 Å². The molecule has 2 aromatic heterocycles. The Kier molecular flexibility index (Phi) is 2.90. The highest BCUT2D eigenvalue weighted by Gasteiger charge is 2.20. The first-order valence-corrected chi connectivity index (χ1v) is 6.56. The molecule has 2 heterocycles. The Morgan fingerprint density at radius 2 is 2.15 bits per heavy atom. The Morgan fingerprint density at radius 3 is 2.85 bits per heavy atom. The first-order valence-electron chi connectivity index (χ1n) is 6.18. The molecule has 0 atom stereocenters. The number of hydrogen-bond donors (Lipinski definition) is 1. The number of fused-ring (bicyclic) bond motifs is 1. The van der Waals surface area contributed by atoms with Crippen LogP contribution < -0.4 is 5.73 Å². The van der Waals surface area contributed by atoms with E-state index in [0.29, 0.717) is 16.2 Å². The average Bonchev–Trinajstić information content (AvgIpc) is 2.90. The van der Waals surface area contributed by atoms with Crippen LogP contribution in [-0.4, -0.2) is 19.3 Å². The summed E-state index contributed by atoms with van der Waals surface area (Å²) < 4.78 is 17.2. The van der Waals surface area contributed by atoms with Crippen LogP contribution in [0.4, 0.5) is 10.3 Å². The van der Waals surface area contributed by atoms with E-state index >= 15 is 0 Å². The summed E-state index contributed by atoms with van der Waals surface area (Å²) in [5, 5.41) is 4.80. The van der Waals surface area contributed by atoms with Gasteiger partial charge in [-0.05, 0) is 24.6 Å². The van der Waals surface area contributed by atoms with Crippen molar-refractivity contribution >= 4 is 28.7 Å². The summed E-state index contributed by atoms with van der Waals surface area (Å²) in [6, 6.07) is 4.32. The fraction of sp³-hybridized carbons (Fsp3) is 0.231. The molecule has 104 valence electrons. The molecule has 2 N–H and O–H groups in total. The molecule has 0 saturated carbocycles. The fourth-order valence-electron chi connectivity index (χ4n) is 2.33. The second-order valence-electron chi connectivity index (χ2n) is 4.50. The minimum absolute atomic E-state index is 0.212. The molecule has 0 aliphatic rings. The van der Waals surface area contributed by atoms with Gasteiger partial charge in [-0.1, -0.05) is 18.5 Å². The van der Waals surface area contributed by atoms with Gasteiger partial charge in [0.15, 0.2) is 5.65 Å². The molecular weight excluding hydrogens is 281 g/mol. The number of nitrogens with zero attached hydrogens (tertiary/aromatic N) is 4. The van der Waals surface area contributed by atoms with Gasteiger partial charge in [0.1, 0.15) is 11.3 Å². The van der Waals surface area contributed by atoms with Gasteiger partial charge in [-0.2, -0.15) is 5.10 Å². The standard InChI is InChI=1S/C13H13ClFN5/c1-3-9-11-12(19(2)18-9)20(13(16)17-11)10-6-7(14)4-5-8(10)15/h4-6H,3H2,1-2H3,(H2,16,17). The van der Waals surface area contributed by atoms with Crippen LogP contribution in [0, 0.1) is 5.82 Å². The Bertz CT molecular complexity index is 805. The zero-order valence-electron chi connectivity index (χ0n) is 11.1. The highest BCUT2D eigenvalue weighted by Crippen LogP contribution is 2.28. The molecule has 5 nitrogen and oxygen atoms in total. The predicted octanol–water partition coefficient (Wildman–Crippen LogP) is 2.70. The van der Waals surface area contributed by atoms with Gasteiger partial charge in [0.05, 0.1) is 11.4 Å². The minimum Gasteiger partial charge on any atom is -0.369 e. The van der Waals surface area contributed by atoms with Gasteiger partial charge in [-0.3, -0.25) is 4.57 Å². The van der Waals surface area contributed by atoms with E-state index in [-0.39, 0.29) is 11.6 Å². The average molecular weight is 294 g/mol. The smallest absolute Gasteiger partial charge is 0.207 e. The van der Waals surface area contributed by atoms with Crippen LogP contribution >= 0.6 is 11.6 Å². The number of aromatic nitrogens is 4. The molecular formula is C13H13ClFN5. The van der Waals surface area contributed by atoms with Crippen LogP contribution in [0.2, 0.25) is 5.02 Å². The van der Waals surface area contributed by atoms with Gasteiger partial charge in [-0.25, -0.2) is 14.1 Å². The molecule has 0 radical (unpaired) electrons. The van der Waals surface area contributed by atoms with Crippen LogP contribution in [0.15, 0.2) is 18.2 Å². The molecule has 0 bridgehead atoms. The lowest BCUT2D eigenvalue weighted by Gasteiger charge is -2.08. The second-order valence-corrected chi connectivity index (χ2v) is 4.93. The highest BCUT2D eigenvalue weighted by molar-refractivity contribution is 6.30. The summed E-state index contributed by atoms with van der Waals surface area (Å²) in [7, 11) is 1.78. The first kappa shape index (κ1) is 12.9. The molecule has 0 fully saturated rings. The van der Waals surface area contributed by atoms with Crippen molar-refractivity contribution in [2.24, 2.45) is 7.05 Å². The number of benzene rings is 1. The van der Waals surface area contributed by atoms with Crippen molar-refractivity contribution in [3.8, 4) is 5.69 Å². The van der Waals surface area contributed by atoms with Crippen molar-refractivity contribution in [2.75, 3.05) is 5.73 Å². The van der Waals surface area contributed by atoms with Crippen molar-refractivity contribution in [1.82, 2.24) is 19.3 Å². The number of rotatable bonds is 2. The van der Waals surface area contributed by atoms with Crippen molar-refractivity contribution < 1.29 is 4.39 Å². The number of hydrogen-bond acceptors (Lipinski definition) is 3. The van der Waals surface area contributed by atoms with Crippen molar-refractivity contribution in [3.63, 3.8) is 0 Å². The van der Waals surface area contributed by atoms with Crippen LogP contribution in [0.1, 0.15) is 12.6 Å².